The Balaban J connectivity index is 1.54. The molecule has 1 N–H and O–H groups in total. The van der Waals surface area contributed by atoms with E-state index in [2.05, 4.69) is 39.0 Å². The van der Waals surface area contributed by atoms with Crippen LogP contribution in [0.3, 0.4) is 0 Å². The molecule has 1 amide bonds. The van der Waals surface area contributed by atoms with Gasteiger partial charge in [0.05, 0.1) is 6.54 Å². The standard InChI is InChI=1S/C14H29N5O/c1-16-5-9-18(10-6-16)4-3-15-14(20)13-19-11-7-17(2)8-12-19/h3-13H2,1-2H3,(H,15,20). The molecule has 2 rings (SSSR count). The second-order valence-electron chi connectivity index (χ2n) is 6.07. The summed E-state index contributed by atoms with van der Waals surface area (Å²) in [7, 11) is 4.29. The van der Waals surface area contributed by atoms with E-state index in [1.807, 2.05) is 0 Å². The van der Waals surface area contributed by atoms with Crippen molar-refractivity contribution in [3.8, 4) is 0 Å². The lowest BCUT2D eigenvalue weighted by Gasteiger charge is -2.33. The molecule has 0 aromatic rings. The molecule has 0 spiro atoms. The van der Waals surface area contributed by atoms with Crippen LogP contribution >= 0.6 is 0 Å². The molecule has 0 atom stereocenters. The molecule has 0 unspecified atom stereocenters. The lowest BCUT2D eigenvalue weighted by atomic mass is 10.3. The normalized spacial score (nSPS) is 23.9. The van der Waals surface area contributed by atoms with E-state index in [4.69, 9.17) is 0 Å². The smallest absolute Gasteiger partial charge is 0.234 e. The van der Waals surface area contributed by atoms with Gasteiger partial charge < -0.3 is 15.1 Å². The Kier molecular flexibility index (Phi) is 6.22. The van der Waals surface area contributed by atoms with Crippen molar-refractivity contribution < 1.29 is 4.79 Å². The third kappa shape index (κ3) is 5.36. The zero-order valence-electron chi connectivity index (χ0n) is 13.0. The van der Waals surface area contributed by atoms with Gasteiger partial charge in [-0.25, -0.2) is 0 Å². The van der Waals surface area contributed by atoms with Crippen LogP contribution in [-0.4, -0.2) is 112 Å². The molecule has 2 fully saturated rings. The summed E-state index contributed by atoms with van der Waals surface area (Å²) in [5.41, 5.74) is 0. The molecule has 0 aromatic carbocycles. The fourth-order valence-corrected chi connectivity index (χ4v) is 2.69. The second kappa shape index (κ2) is 7.93. The molecule has 6 heteroatoms. The molecule has 2 aliphatic rings. The minimum absolute atomic E-state index is 0.170. The van der Waals surface area contributed by atoms with Crippen LogP contribution < -0.4 is 5.32 Å². The van der Waals surface area contributed by atoms with E-state index in [0.29, 0.717) is 6.54 Å². The molecule has 0 saturated carbocycles. The van der Waals surface area contributed by atoms with Crippen LogP contribution in [0.5, 0.6) is 0 Å². The van der Waals surface area contributed by atoms with Gasteiger partial charge in [-0.1, -0.05) is 0 Å². The molecule has 0 aliphatic carbocycles. The summed E-state index contributed by atoms with van der Waals surface area (Å²) < 4.78 is 0. The molecule has 0 aromatic heterocycles. The SMILES string of the molecule is CN1CCN(CCNC(=O)CN2CCN(C)CC2)CC1. The van der Waals surface area contributed by atoms with Gasteiger partial charge in [-0.05, 0) is 14.1 Å². The summed E-state index contributed by atoms with van der Waals surface area (Å²) in [4.78, 5) is 21.2. The van der Waals surface area contributed by atoms with Gasteiger partial charge in [-0.3, -0.25) is 14.6 Å². The van der Waals surface area contributed by atoms with Crippen molar-refractivity contribution >= 4 is 5.91 Å². The van der Waals surface area contributed by atoms with Crippen molar-refractivity contribution in [2.45, 2.75) is 0 Å². The van der Waals surface area contributed by atoms with Crippen molar-refractivity contribution in [2.24, 2.45) is 0 Å². The minimum Gasteiger partial charge on any atom is -0.354 e. The molecule has 116 valence electrons. The number of hydrogen-bond donors (Lipinski definition) is 1. The predicted octanol–water partition coefficient (Wildman–Crippen LogP) is -1.40. The number of carbonyl (C=O) groups excluding carboxylic acids is 1. The molecular formula is C14H29N5O. The van der Waals surface area contributed by atoms with Crippen molar-refractivity contribution in [2.75, 3.05) is 86.1 Å². The monoisotopic (exact) mass is 283 g/mol. The number of nitrogens with one attached hydrogen (secondary N) is 1. The molecule has 6 nitrogen and oxygen atoms in total. The maximum absolute atomic E-state index is 11.9. The van der Waals surface area contributed by atoms with Crippen LogP contribution in [0.25, 0.3) is 0 Å². The zero-order valence-corrected chi connectivity index (χ0v) is 13.0. The third-order valence-corrected chi connectivity index (χ3v) is 4.31. The van der Waals surface area contributed by atoms with E-state index in [1.54, 1.807) is 0 Å². The average Bonchev–Trinajstić information content (AvgIpc) is 2.44. The van der Waals surface area contributed by atoms with Crippen molar-refractivity contribution in [1.82, 2.24) is 24.9 Å². The van der Waals surface area contributed by atoms with Crippen LogP contribution in [0.15, 0.2) is 0 Å². The Morgan fingerprint density at radius 2 is 1.35 bits per heavy atom. The van der Waals surface area contributed by atoms with Gasteiger partial charge in [0.1, 0.15) is 0 Å². The number of amides is 1. The van der Waals surface area contributed by atoms with Gasteiger partial charge in [0.25, 0.3) is 0 Å². The number of nitrogens with zero attached hydrogens (tertiary/aromatic N) is 4. The molecule has 20 heavy (non-hydrogen) atoms. The zero-order chi connectivity index (χ0) is 14.4. The van der Waals surface area contributed by atoms with Crippen molar-refractivity contribution in [3.63, 3.8) is 0 Å². The Morgan fingerprint density at radius 3 is 1.90 bits per heavy atom. The van der Waals surface area contributed by atoms with E-state index in [-0.39, 0.29) is 5.91 Å². The number of likely N-dealkylation sites (N-methyl/N-ethyl adjacent to an activating group) is 2. The van der Waals surface area contributed by atoms with E-state index in [9.17, 15) is 4.79 Å². The van der Waals surface area contributed by atoms with E-state index in [1.165, 1.54) is 0 Å². The van der Waals surface area contributed by atoms with Gasteiger partial charge in [-0.15, -0.1) is 0 Å². The van der Waals surface area contributed by atoms with Gasteiger partial charge in [0.15, 0.2) is 0 Å². The maximum Gasteiger partial charge on any atom is 0.234 e. The molecule has 0 radical (unpaired) electrons. The fraction of sp³-hybridized carbons (Fsp3) is 0.929. The largest absolute Gasteiger partial charge is 0.354 e. The summed E-state index contributed by atoms with van der Waals surface area (Å²) >= 11 is 0. The first kappa shape index (κ1) is 15.7. The summed E-state index contributed by atoms with van der Waals surface area (Å²) in [6.07, 6.45) is 0. The van der Waals surface area contributed by atoms with Gasteiger partial charge >= 0.3 is 0 Å². The minimum atomic E-state index is 0.170. The molecular weight excluding hydrogens is 254 g/mol. The van der Waals surface area contributed by atoms with Crippen LogP contribution in [0.2, 0.25) is 0 Å². The summed E-state index contributed by atoms with van der Waals surface area (Å²) in [5.74, 6) is 0.170. The number of piperazine rings is 2. The highest BCUT2D eigenvalue weighted by Crippen LogP contribution is 1.99. The maximum atomic E-state index is 11.9. The third-order valence-electron chi connectivity index (χ3n) is 4.31. The number of rotatable bonds is 5. The second-order valence-corrected chi connectivity index (χ2v) is 6.07. The van der Waals surface area contributed by atoms with Crippen LogP contribution in [-0.2, 0) is 4.79 Å². The first-order valence-corrected chi connectivity index (χ1v) is 7.72. The van der Waals surface area contributed by atoms with E-state index in [0.717, 1.165) is 65.4 Å². The number of carbonyl (C=O) groups is 1. The topological polar surface area (TPSA) is 42.1 Å². The Labute approximate surface area is 122 Å². The fourth-order valence-electron chi connectivity index (χ4n) is 2.69. The highest BCUT2D eigenvalue weighted by atomic mass is 16.2. The van der Waals surface area contributed by atoms with E-state index >= 15 is 0 Å². The number of hydrogen-bond acceptors (Lipinski definition) is 5. The summed E-state index contributed by atoms with van der Waals surface area (Å²) in [6.45, 7) is 10.9. The quantitative estimate of drug-likeness (QED) is 0.672. The molecule has 2 aliphatic heterocycles. The van der Waals surface area contributed by atoms with Crippen LogP contribution in [0, 0.1) is 0 Å². The first-order chi connectivity index (χ1) is 9.63. The Bertz CT molecular complexity index is 296. The molecule has 2 saturated heterocycles. The van der Waals surface area contributed by atoms with Crippen molar-refractivity contribution in [1.29, 1.82) is 0 Å². The first-order valence-electron chi connectivity index (χ1n) is 7.72. The molecule has 0 bridgehead atoms. The lowest BCUT2D eigenvalue weighted by molar-refractivity contribution is -0.122. The Hall–Kier alpha value is -0.690. The average molecular weight is 283 g/mol. The lowest BCUT2D eigenvalue weighted by Crippen LogP contribution is -2.49. The molecule has 2 heterocycles. The van der Waals surface area contributed by atoms with Gasteiger partial charge in [-0.2, -0.15) is 0 Å². The summed E-state index contributed by atoms with van der Waals surface area (Å²) in [5, 5.41) is 3.05. The highest BCUT2D eigenvalue weighted by molar-refractivity contribution is 5.78. The van der Waals surface area contributed by atoms with Gasteiger partial charge in [0.2, 0.25) is 5.91 Å². The Morgan fingerprint density at radius 1 is 0.850 bits per heavy atom. The van der Waals surface area contributed by atoms with Gasteiger partial charge in [0, 0.05) is 65.4 Å². The van der Waals surface area contributed by atoms with E-state index < -0.39 is 0 Å². The predicted molar refractivity (Wildman–Crippen MR) is 80.9 cm³/mol. The van der Waals surface area contributed by atoms with Crippen LogP contribution in [0.1, 0.15) is 0 Å². The van der Waals surface area contributed by atoms with Crippen LogP contribution in [0.4, 0.5) is 0 Å². The highest BCUT2D eigenvalue weighted by Gasteiger charge is 2.17. The van der Waals surface area contributed by atoms with Crippen molar-refractivity contribution in [3.05, 3.63) is 0 Å². The summed E-state index contributed by atoms with van der Waals surface area (Å²) in [6, 6.07) is 0.